The van der Waals surface area contributed by atoms with Gasteiger partial charge in [-0.3, -0.25) is 9.59 Å². The van der Waals surface area contributed by atoms with Crippen LogP contribution in [-0.2, 0) is 0 Å². The van der Waals surface area contributed by atoms with E-state index in [2.05, 4.69) is 15.6 Å². The molecule has 0 aliphatic rings. The summed E-state index contributed by atoms with van der Waals surface area (Å²) in [5.41, 5.74) is 0.870. The van der Waals surface area contributed by atoms with Gasteiger partial charge in [0, 0.05) is 11.1 Å². The first-order valence-electron chi connectivity index (χ1n) is 9.02. The molecule has 0 unspecified atom stereocenters. The summed E-state index contributed by atoms with van der Waals surface area (Å²) in [6.45, 7) is 3.78. The number of halogens is 1. The second-order valence-corrected chi connectivity index (χ2v) is 6.53. The standard InChI is InChI=1S/C22H20FN3O3/c1-14(2)29-18-10-6-9-16(11-18)22(28)25-17-12-19(20(23)24-13-17)26-21(27)15-7-4-3-5-8-15/h3-14H,1-2H3,(H,25,28)(H,26,27). The molecular formula is C22H20FN3O3. The first-order chi connectivity index (χ1) is 13.9. The van der Waals surface area contributed by atoms with E-state index in [4.69, 9.17) is 4.74 Å². The van der Waals surface area contributed by atoms with E-state index < -0.39 is 17.8 Å². The molecule has 1 heterocycles. The second kappa shape index (κ2) is 8.97. The number of anilines is 2. The molecule has 0 atom stereocenters. The van der Waals surface area contributed by atoms with E-state index in [0.717, 1.165) is 0 Å². The maximum absolute atomic E-state index is 14.0. The van der Waals surface area contributed by atoms with E-state index in [1.54, 1.807) is 54.6 Å². The number of aromatic nitrogens is 1. The van der Waals surface area contributed by atoms with Crippen molar-refractivity contribution in [2.45, 2.75) is 20.0 Å². The maximum Gasteiger partial charge on any atom is 0.255 e. The monoisotopic (exact) mass is 393 g/mol. The smallest absolute Gasteiger partial charge is 0.255 e. The van der Waals surface area contributed by atoms with Crippen molar-refractivity contribution < 1.29 is 18.7 Å². The fourth-order valence-electron chi connectivity index (χ4n) is 2.57. The van der Waals surface area contributed by atoms with Gasteiger partial charge in [-0.25, -0.2) is 4.98 Å². The number of carbonyl (C=O) groups is 2. The zero-order valence-electron chi connectivity index (χ0n) is 16.0. The van der Waals surface area contributed by atoms with Crippen LogP contribution < -0.4 is 15.4 Å². The van der Waals surface area contributed by atoms with Gasteiger partial charge in [-0.15, -0.1) is 0 Å². The lowest BCUT2D eigenvalue weighted by Gasteiger charge is -2.12. The number of pyridine rings is 1. The minimum atomic E-state index is -0.848. The SMILES string of the molecule is CC(C)Oc1cccc(C(=O)Nc2cnc(F)c(NC(=O)c3ccccc3)c2)c1. The number of rotatable bonds is 6. The Labute approximate surface area is 167 Å². The molecular weight excluding hydrogens is 373 g/mol. The van der Waals surface area contributed by atoms with E-state index in [1.807, 2.05) is 13.8 Å². The van der Waals surface area contributed by atoms with Crippen LogP contribution in [-0.4, -0.2) is 22.9 Å². The van der Waals surface area contributed by atoms with Gasteiger partial charge in [-0.1, -0.05) is 24.3 Å². The van der Waals surface area contributed by atoms with Crippen LogP contribution in [0.5, 0.6) is 5.75 Å². The maximum atomic E-state index is 14.0. The molecule has 2 N–H and O–H groups in total. The van der Waals surface area contributed by atoms with Crippen LogP contribution in [0.1, 0.15) is 34.6 Å². The highest BCUT2D eigenvalue weighted by molar-refractivity contribution is 6.06. The highest BCUT2D eigenvalue weighted by Crippen LogP contribution is 2.20. The Morgan fingerprint density at radius 2 is 1.62 bits per heavy atom. The van der Waals surface area contributed by atoms with Gasteiger partial charge in [-0.2, -0.15) is 4.39 Å². The summed E-state index contributed by atoms with van der Waals surface area (Å²) in [6.07, 6.45) is 1.16. The molecule has 0 radical (unpaired) electrons. The van der Waals surface area contributed by atoms with Crippen LogP contribution in [0.15, 0.2) is 66.9 Å². The number of ether oxygens (including phenoxy) is 1. The fraction of sp³-hybridized carbons (Fsp3) is 0.136. The Balaban J connectivity index is 1.74. The Hall–Kier alpha value is -3.74. The van der Waals surface area contributed by atoms with Crippen molar-refractivity contribution in [2.75, 3.05) is 10.6 Å². The molecule has 0 fully saturated rings. The summed E-state index contributed by atoms with van der Waals surface area (Å²) in [6, 6.07) is 16.4. The normalized spacial score (nSPS) is 10.5. The summed E-state index contributed by atoms with van der Waals surface area (Å²) in [5, 5.41) is 5.11. The zero-order valence-corrected chi connectivity index (χ0v) is 16.0. The minimum absolute atomic E-state index is 0.0228. The molecule has 0 saturated carbocycles. The quantitative estimate of drug-likeness (QED) is 0.604. The van der Waals surface area contributed by atoms with Crippen molar-refractivity contribution in [3.8, 4) is 5.75 Å². The molecule has 29 heavy (non-hydrogen) atoms. The van der Waals surface area contributed by atoms with Crippen molar-refractivity contribution >= 4 is 23.2 Å². The molecule has 0 saturated heterocycles. The predicted molar refractivity (Wildman–Crippen MR) is 109 cm³/mol. The summed E-state index contributed by atoms with van der Waals surface area (Å²) >= 11 is 0. The minimum Gasteiger partial charge on any atom is -0.491 e. The van der Waals surface area contributed by atoms with Crippen molar-refractivity contribution in [2.24, 2.45) is 0 Å². The molecule has 3 aromatic rings. The summed E-state index contributed by atoms with van der Waals surface area (Å²) in [7, 11) is 0. The van der Waals surface area contributed by atoms with Gasteiger partial charge in [-0.05, 0) is 50.2 Å². The van der Waals surface area contributed by atoms with Crippen molar-refractivity contribution in [1.82, 2.24) is 4.98 Å². The molecule has 2 aromatic carbocycles. The van der Waals surface area contributed by atoms with Gasteiger partial charge in [0.1, 0.15) is 5.75 Å². The Bertz CT molecular complexity index is 1020. The highest BCUT2D eigenvalue weighted by Gasteiger charge is 2.13. The van der Waals surface area contributed by atoms with Crippen molar-refractivity contribution in [1.29, 1.82) is 0 Å². The average molecular weight is 393 g/mol. The molecule has 3 rings (SSSR count). The third-order valence-electron chi connectivity index (χ3n) is 3.85. The first kappa shape index (κ1) is 20.0. The fourth-order valence-corrected chi connectivity index (χ4v) is 2.57. The van der Waals surface area contributed by atoms with E-state index in [9.17, 15) is 14.0 Å². The molecule has 0 bridgehead atoms. The molecule has 0 aliphatic carbocycles. The van der Waals surface area contributed by atoms with Crippen LogP contribution >= 0.6 is 0 Å². The third-order valence-corrected chi connectivity index (χ3v) is 3.85. The van der Waals surface area contributed by atoms with E-state index in [-0.39, 0.29) is 17.5 Å². The Kier molecular flexibility index (Phi) is 6.19. The van der Waals surface area contributed by atoms with Crippen LogP contribution in [0.2, 0.25) is 0 Å². The van der Waals surface area contributed by atoms with Crippen molar-refractivity contribution in [3.05, 3.63) is 83.9 Å². The number of hydrogen-bond acceptors (Lipinski definition) is 4. The highest BCUT2D eigenvalue weighted by atomic mass is 19.1. The van der Waals surface area contributed by atoms with E-state index in [1.165, 1.54) is 12.3 Å². The average Bonchev–Trinajstić information content (AvgIpc) is 2.71. The number of carbonyl (C=O) groups excluding carboxylic acids is 2. The third kappa shape index (κ3) is 5.38. The number of hydrogen-bond donors (Lipinski definition) is 2. The lowest BCUT2D eigenvalue weighted by Crippen LogP contribution is -2.16. The van der Waals surface area contributed by atoms with Crippen LogP contribution in [0.25, 0.3) is 0 Å². The lowest BCUT2D eigenvalue weighted by atomic mass is 10.2. The zero-order chi connectivity index (χ0) is 20.8. The second-order valence-electron chi connectivity index (χ2n) is 6.53. The molecule has 0 aliphatic heterocycles. The number of nitrogens with one attached hydrogen (secondary N) is 2. The molecule has 7 heteroatoms. The van der Waals surface area contributed by atoms with E-state index in [0.29, 0.717) is 16.9 Å². The van der Waals surface area contributed by atoms with Crippen LogP contribution in [0, 0.1) is 5.95 Å². The van der Waals surface area contributed by atoms with Gasteiger partial charge in [0.25, 0.3) is 11.8 Å². The van der Waals surface area contributed by atoms with Crippen molar-refractivity contribution in [3.63, 3.8) is 0 Å². The molecule has 1 aromatic heterocycles. The summed E-state index contributed by atoms with van der Waals surface area (Å²) in [4.78, 5) is 28.4. The molecule has 2 amide bonds. The number of benzene rings is 2. The predicted octanol–water partition coefficient (Wildman–Crippen LogP) is 4.51. The van der Waals surface area contributed by atoms with Crippen LogP contribution in [0.3, 0.4) is 0 Å². The Morgan fingerprint density at radius 1 is 0.931 bits per heavy atom. The lowest BCUT2D eigenvalue weighted by molar-refractivity contribution is 0.101. The molecule has 148 valence electrons. The van der Waals surface area contributed by atoms with Gasteiger partial charge < -0.3 is 15.4 Å². The summed E-state index contributed by atoms with van der Waals surface area (Å²) in [5.74, 6) is -1.17. The van der Waals surface area contributed by atoms with Gasteiger partial charge >= 0.3 is 0 Å². The largest absolute Gasteiger partial charge is 0.491 e. The van der Waals surface area contributed by atoms with Crippen LogP contribution in [0.4, 0.5) is 15.8 Å². The Morgan fingerprint density at radius 3 is 2.34 bits per heavy atom. The van der Waals surface area contributed by atoms with Gasteiger partial charge in [0.15, 0.2) is 0 Å². The van der Waals surface area contributed by atoms with Gasteiger partial charge in [0.05, 0.1) is 23.7 Å². The molecule has 0 spiro atoms. The number of amides is 2. The van der Waals surface area contributed by atoms with E-state index >= 15 is 0 Å². The topological polar surface area (TPSA) is 80.3 Å². The number of nitrogens with zero attached hydrogens (tertiary/aromatic N) is 1. The summed E-state index contributed by atoms with van der Waals surface area (Å²) < 4.78 is 19.6. The van der Waals surface area contributed by atoms with Gasteiger partial charge in [0.2, 0.25) is 5.95 Å². The molecule has 6 nitrogen and oxygen atoms in total. The first-order valence-corrected chi connectivity index (χ1v) is 9.02.